The molecule has 1 aromatic rings. The van der Waals surface area contributed by atoms with Crippen molar-refractivity contribution < 1.29 is 14.3 Å². The third-order valence-electron chi connectivity index (χ3n) is 3.11. The Hall–Kier alpha value is -1.13. The predicted molar refractivity (Wildman–Crippen MR) is 62.5 cm³/mol. The molecule has 1 aliphatic carbocycles. The van der Waals surface area contributed by atoms with Crippen LogP contribution in [0.4, 0.5) is 4.39 Å². The van der Waals surface area contributed by atoms with Gasteiger partial charge in [0, 0.05) is 12.0 Å². The van der Waals surface area contributed by atoms with E-state index in [1.165, 1.54) is 18.2 Å². The van der Waals surface area contributed by atoms with E-state index in [1.54, 1.807) is 0 Å². The van der Waals surface area contributed by atoms with E-state index in [0.717, 1.165) is 12.8 Å². The van der Waals surface area contributed by atoms with E-state index in [1.807, 2.05) is 0 Å². The lowest BCUT2D eigenvalue weighted by Crippen LogP contribution is -2.32. The first-order chi connectivity index (χ1) is 8.08. The summed E-state index contributed by atoms with van der Waals surface area (Å²) < 4.78 is 13.1. The van der Waals surface area contributed by atoms with Crippen molar-refractivity contribution in [1.82, 2.24) is 5.32 Å². The first-order valence-corrected chi connectivity index (χ1v) is 5.79. The summed E-state index contributed by atoms with van der Waals surface area (Å²) in [7, 11) is 0. The maximum atomic E-state index is 13.1. The molecule has 0 aliphatic heterocycles. The molecule has 1 saturated carbocycles. The molecule has 0 saturated heterocycles. The summed E-state index contributed by atoms with van der Waals surface area (Å²) in [6.07, 6.45) is 1.81. The van der Waals surface area contributed by atoms with Gasteiger partial charge < -0.3 is 10.4 Å². The second kappa shape index (κ2) is 4.63. The molecule has 92 valence electrons. The van der Waals surface area contributed by atoms with Crippen LogP contribution in [0.1, 0.15) is 23.2 Å². The van der Waals surface area contributed by atoms with Crippen molar-refractivity contribution in [3.05, 3.63) is 34.6 Å². The molecule has 1 fully saturated rings. The number of amides is 1. The molecule has 1 aromatic carbocycles. The highest BCUT2D eigenvalue weighted by Gasteiger charge is 2.42. The van der Waals surface area contributed by atoms with Gasteiger partial charge in [-0.05, 0) is 25.0 Å². The highest BCUT2D eigenvalue weighted by atomic mass is 35.5. The number of carbonyl (C=O) groups is 1. The van der Waals surface area contributed by atoms with E-state index in [0.29, 0.717) is 6.54 Å². The molecule has 0 unspecified atom stereocenters. The number of halogens is 2. The van der Waals surface area contributed by atoms with Crippen LogP contribution in [0.25, 0.3) is 0 Å². The molecular weight excluding hydrogens is 245 g/mol. The summed E-state index contributed by atoms with van der Waals surface area (Å²) in [6, 6.07) is 4.11. The smallest absolute Gasteiger partial charge is 0.252 e. The molecule has 0 bridgehead atoms. The minimum Gasteiger partial charge on any atom is -0.396 e. The zero-order valence-electron chi connectivity index (χ0n) is 9.17. The fraction of sp³-hybridized carbons (Fsp3) is 0.417. The number of aliphatic hydroxyl groups is 1. The van der Waals surface area contributed by atoms with Crippen LogP contribution in [0.2, 0.25) is 5.02 Å². The van der Waals surface area contributed by atoms with E-state index in [-0.39, 0.29) is 22.6 Å². The minimum atomic E-state index is -0.609. The summed E-state index contributed by atoms with van der Waals surface area (Å²) >= 11 is 5.70. The van der Waals surface area contributed by atoms with Crippen molar-refractivity contribution in [2.24, 2.45) is 5.41 Å². The second-order valence-corrected chi connectivity index (χ2v) is 4.82. The van der Waals surface area contributed by atoms with Gasteiger partial charge in [-0.3, -0.25) is 4.79 Å². The van der Waals surface area contributed by atoms with Gasteiger partial charge in [0.2, 0.25) is 0 Å². The number of hydrogen-bond donors (Lipinski definition) is 2. The van der Waals surface area contributed by atoms with E-state index in [2.05, 4.69) is 5.32 Å². The number of aliphatic hydroxyl groups excluding tert-OH is 1. The lowest BCUT2D eigenvalue weighted by atomic mass is 10.1. The molecule has 17 heavy (non-hydrogen) atoms. The molecule has 2 N–H and O–H groups in total. The van der Waals surface area contributed by atoms with Gasteiger partial charge in [-0.25, -0.2) is 4.39 Å². The fourth-order valence-electron chi connectivity index (χ4n) is 1.61. The molecule has 0 spiro atoms. The van der Waals surface area contributed by atoms with E-state index in [9.17, 15) is 9.18 Å². The number of rotatable bonds is 4. The molecule has 0 atom stereocenters. The average Bonchev–Trinajstić information content (AvgIpc) is 3.10. The summed E-state index contributed by atoms with van der Waals surface area (Å²) in [5.74, 6) is -1.02. The molecule has 2 rings (SSSR count). The molecule has 0 radical (unpaired) electrons. The largest absolute Gasteiger partial charge is 0.396 e. The Morgan fingerprint density at radius 2 is 2.24 bits per heavy atom. The van der Waals surface area contributed by atoms with Gasteiger partial charge in [0.15, 0.2) is 0 Å². The standard InChI is InChI=1S/C12H13ClFNO2/c13-10-8(2-1-3-9(10)14)11(17)15-6-12(7-16)4-5-12/h1-3,16H,4-7H2,(H,15,17). The zero-order chi connectivity index (χ0) is 12.5. The quantitative estimate of drug-likeness (QED) is 0.867. The van der Waals surface area contributed by atoms with Crippen molar-refractivity contribution in [1.29, 1.82) is 0 Å². The monoisotopic (exact) mass is 257 g/mol. The van der Waals surface area contributed by atoms with Gasteiger partial charge in [0.1, 0.15) is 5.82 Å². The topological polar surface area (TPSA) is 49.3 Å². The minimum absolute atomic E-state index is 0.0597. The van der Waals surface area contributed by atoms with Crippen LogP contribution in [0, 0.1) is 11.2 Å². The van der Waals surface area contributed by atoms with Crippen molar-refractivity contribution in [3.63, 3.8) is 0 Å². The lowest BCUT2D eigenvalue weighted by Gasteiger charge is -2.13. The molecule has 1 aliphatic rings. The normalized spacial score (nSPS) is 16.6. The Labute approximate surface area is 104 Å². The maximum Gasteiger partial charge on any atom is 0.252 e. The fourth-order valence-corrected chi connectivity index (χ4v) is 1.82. The first-order valence-electron chi connectivity index (χ1n) is 5.41. The third-order valence-corrected chi connectivity index (χ3v) is 3.50. The molecule has 0 aromatic heterocycles. The summed E-state index contributed by atoms with van der Waals surface area (Å²) in [5, 5.41) is 11.6. The van der Waals surface area contributed by atoms with Gasteiger partial charge in [-0.15, -0.1) is 0 Å². The van der Waals surface area contributed by atoms with Crippen LogP contribution in [0.5, 0.6) is 0 Å². The molecular formula is C12H13ClFNO2. The number of hydrogen-bond acceptors (Lipinski definition) is 2. The lowest BCUT2D eigenvalue weighted by molar-refractivity contribution is 0.0935. The highest BCUT2D eigenvalue weighted by molar-refractivity contribution is 6.34. The van der Waals surface area contributed by atoms with Crippen molar-refractivity contribution >= 4 is 17.5 Å². The van der Waals surface area contributed by atoms with Crippen LogP contribution in [-0.2, 0) is 0 Å². The van der Waals surface area contributed by atoms with Gasteiger partial charge in [-0.2, -0.15) is 0 Å². The van der Waals surface area contributed by atoms with Crippen molar-refractivity contribution in [2.75, 3.05) is 13.2 Å². The number of carbonyl (C=O) groups excluding carboxylic acids is 1. The zero-order valence-corrected chi connectivity index (χ0v) is 9.93. The number of nitrogens with one attached hydrogen (secondary N) is 1. The molecule has 3 nitrogen and oxygen atoms in total. The van der Waals surface area contributed by atoms with Crippen molar-refractivity contribution in [2.45, 2.75) is 12.8 Å². The van der Waals surface area contributed by atoms with E-state index >= 15 is 0 Å². The Morgan fingerprint density at radius 3 is 2.82 bits per heavy atom. The van der Waals surface area contributed by atoms with Crippen LogP contribution < -0.4 is 5.32 Å². The van der Waals surface area contributed by atoms with Gasteiger partial charge in [0.25, 0.3) is 5.91 Å². The molecule has 1 amide bonds. The maximum absolute atomic E-state index is 13.1. The van der Waals surface area contributed by atoms with E-state index < -0.39 is 11.7 Å². The average molecular weight is 258 g/mol. The van der Waals surface area contributed by atoms with Crippen LogP contribution in [0.3, 0.4) is 0 Å². The number of benzene rings is 1. The van der Waals surface area contributed by atoms with Crippen LogP contribution in [0.15, 0.2) is 18.2 Å². The predicted octanol–water partition coefficient (Wildman–Crippen LogP) is 1.98. The first kappa shape index (κ1) is 12.3. The molecule has 5 heteroatoms. The highest BCUT2D eigenvalue weighted by Crippen LogP contribution is 2.44. The SMILES string of the molecule is O=C(NCC1(CO)CC1)c1cccc(F)c1Cl. The van der Waals surface area contributed by atoms with Gasteiger partial charge in [-0.1, -0.05) is 17.7 Å². The van der Waals surface area contributed by atoms with Crippen LogP contribution >= 0.6 is 11.6 Å². The summed E-state index contributed by atoms with van der Waals surface area (Å²) in [5.41, 5.74) is -0.0458. The third kappa shape index (κ3) is 2.58. The Morgan fingerprint density at radius 1 is 1.53 bits per heavy atom. The molecule has 0 heterocycles. The van der Waals surface area contributed by atoms with Gasteiger partial charge in [0.05, 0.1) is 17.2 Å². The Bertz CT molecular complexity index is 446. The van der Waals surface area contributed by atoms with Crippen molar-refractivity contribution in [3.8, 4) is 0 Å². The van der Waals surface area contributed by atoms with Gasteiger partial charge >= 0.3 is 0 Å². The van der Waals surface area contributed by atoms with Crippen LogP contribution in [-0.4, -0.2) is 24.2 Å². The Balaban J connectivity index is 2.02. The second-order valence-electron chi connectivity index (χ2n) is 4.44. The Kier molecular flexibility index (Phi) is 3.35. The van der Waals surface area contributed by atoms with E-state index in [4.69, 9.17) is 16.7 Å². The summed E-state index contributed by atoms with van der Waals surface area (Å²) in [6.45, 7) is 0.458. The summed E-state index contributed by atoms with van der Waals surface area (Å²) in [4.78, 5) is 11.8.